The Morgan fingerprint density at radius 3 is 2.63 bits per heavy atom. The van der Waals surface area contributed by atoms with E-state index in [0.29, 0.717) is 18.0 Å². The standard InChI is InChI=1S/C31H38F2N4O4/c1-31(2,3)41-30(39)37-24-6-4-22(14-24)29(37)26(38)13-20(15-34)12-21-5-7-25(28(33)27(21)32)23-16-35-36(18-23)17-19-8-10-40-11-9-19/h5,7,16,18-20,22,24,29H,4,6,8-14,17H2,1-3H3/t20-,22+,24-,29+/m1/s1. The minimum atomic E-state index is -1.03. The average molecular weight is 569 g/mol. The SMILES string of the molecule is CC(C)(C)OC(=O)N1[C@@H]2CC[C@@H](C2)[C@H]1C(=O)C[C@H](C#N)Cc1ccc(-c2cnn(CC3CCOCC3)c2)c(F)c1F. The zero-order chi connectivity index (χ0) is 29.3. The number of hydrogen-bond acceptors (Lipinski definition) is 6. The second-order valence-electron chi connectivity index (χ2n) is 12.7. The molecule has 4 atom stereocenters. The molecule has 0 N–H and O–H groups in total. The van der Waals surface area contributed by atoms with Crippen molar-refractivity contribution in [3.8, 4) is 17.2 Å². The largest absolute Gasteiger partial charge is 0.444 e. The van der Waals surface area contributed by atoms with Crippen molar-refractivity contribution >= 4 is 11.9 Å². The molecule has 3 aliphatic rings. The Hall–Kier alpha value is -3.32. The van der Waals surface area contributed by atoms with Crippen molar-refractivity contribution in [3.05, 3.63) is 41.7 Å². The van der Waals surface area contributed by atoms with Crippen molar-refractivity contribution < 1.29 is 27.8 Å². The number of ketones is 1. The molecule has 8 nitrogen and oxygen atoms in total. The monoisotopic (exact) mass is 568 g/mol. The smallest absolute Gasteiger partial charge is 0.411 e. The van der Waals surface area contributed by atoms with E-state index in [1.807, 2.05) is 0 Å². The van der Waals surface area contributed by atoms with Crippen LogP contribution in [0.2, 0.25) is 0 Å². The summed E-state index contributed by atoms with van der Waals surface area (Å²) in [5, 5.41) is 14.2. The summed E-state index contributed by atoms with van der Waals surface area (Å²) in [7, 11) is 0. The number of rotatable bonds is 8. The molecule has 0 spiro atoms. The number of likely N-dealkylation sites (tertiary alicyclic amines) is 1. The van der Waals surface area contributed by atoms with E-state index in [2.05, 4.69) is 11.2 Å². The maximum absolute atomic E-state index is 15.2. The van der Waals surface area contributed by atoms with Crippen molar-refractivity contribution in [2.75, 3.05) is 13.2 Å². The summed E-state index contributed by atoms with van der Waals surface area (Å²) in [6.07, 6.45) is 6.75. The fourth-order valence-electron chi connectivity index (χ4n) is 6.54. The number of piperidine rings is 1. The third-order valence-corrected chi connectivity index (χ3v) is 8.51. The Kier molecular flexibility index (Phi) is 8.46. The molecular weight excluding hydrogens is 530 g/mol. The molecule has 5 rings (SSSR count). The van der Waals surface area contributed by atoms with E-state index in [0.717, 1.165) is 45.3 Å². The number of fused-ring (bicyclic) bond motifs is 2. The molecule has 1 amide bonds. The van der Waals surface area contributed by atoms with Gasteiger partial charge in [0.1, 0.15) is 5.60 Å². The van der Waals surface area contributed by atoms with E-state index in [1.54, 1.807) is 36.5 Å². The molecule has 0 radical (unpaired) electrons. The number of Topliss-reactive ketones (excluding diaryl/α,β-unsaturated/α-hetero) is 1. The second kappa shape index (κ2) is 11.9. The maximum Gasteiger partial charge on any atom is 0.411 e. The summed E-state index contributed by atoms with van der Waals surface area (Å²) in [4.78, 5) is 27.9. The van der Waals surface area contributed by atoms with Crippen LogP contribution in [0.5, 0.6) is 0 Å². The molecule has 1 aromatic carbocycles. The normalized spacial score (nSPS) is 23.4. The quantitative estimate of drug-likeness (QED) is 0.406. The van der Waals surface area contributed by atoms with Gasteiger partial charge >= 0.3 is 6.09 Å². The van der Waals surface area contributed by atoms with Crippen molar-refractivity contribution in [1.82, 2.24) is 14.7 Å². The fraction of sp³-hybridized carbons (Fsp3) is 0.613. The zero-order valence-electron chi connectivity index (χ0n) is 23.9. The highest BCUT2D eigenvalue weighted by Gasteiger charge is 2.52. The highest BCUT2D eigenvalue weighted by atomic mass is 19.2. The lowest BCUT2D eigenvalue weighted by atomic mass is 9.87. The molecule has 0 unspecified atom stereocenters. The fourth-order valence-corrected chi connectivity index (χ4v) is 6.54. The van der Waals surface area contributed by atoms with E-state index < -0.39 is 35.3 Å². The summed E-state index contributed by atoms with van der Waals surface area (Å²) in [5.74, 6) is -2.65. The number of hydrogen-bond donors (Lipinski definition) is 0. The van der Waals surface area contributed by atoms with Crippen LogP contribution < -0.4 is 0 Å². The summed E-state index contributed by atoms with van der Waals surface area (Å²) < 4.78 is 43.2. The van der Waals surface area contributed by atoms with Crippen LogP contribution in [0.1, 0.15) is 64.9 Å². The molecule has 1 aliphatic carbocycles. The molecular formula is C31H38F2N4O4. The molecule has 2 saturated heterocycles. The zero-order valence-corrected chi connectivity index (χ0v) is 23.9. The summed E-state index contributed by atoms with van der Waals surface area (Å²) in [6, 6.07) is 4.37. The van der Waals surface area contributed by atoms with Crippen molar-refractivity contribution in [2.45, 2.75) is 89.9 Å². The average Bonchev–Trinajstić information content (AvgIpc) is 3.67. The van der Waals surface area contributed by atoms with E-state index >= 15 is 8.78 Å². The lowest BCUT2D eigenvalue weighted by Gasteiger charge is -2.35. The first-order chi connectivity index (χ1) is 19.5. The number of benzene rings is 1. The van der Waals surface area contributed by atoms with Gasteiger partial charge in [-0.2, -0.15) is 10.4 Å². The third-order valence-electron chi connectivity index (χ3n) is 8.51. The first-order valence-corrected chi connectivity index (χ1v) is 14.5. The van der Waals surface area contributed by atoms with Gasteiger partial charge in [0.05, 0.1) is 24.2 Å². The number of amides is 1. The Labute approximate surface area is 239 Å². The Bertz CT molecular complexity index is 1320. The van der Waals surface area contributed by atoms with Crippen LogP contribution in [-0.4, -0.2) is 57.5 Å². The third kappa shape index (κ3) is 6.45. The maximum atomic E-state index is 15.2. The van der Waals surface area contributed by atoms with Gasteiger partial charge in [-0.05, 0) is 76.7 Å². The van der Waals surface area contributed by atoms with Crippen molar-refractivity contribution in [2.24, 2.45) is 17.8 Å². The number of carbonyl (C=O) groups excluding carboxylic acids is 2. The molecule has 220 valence electrons. The van der Waals surface area contributed by atoms with E-state index in [4.69, 9.17) is 9.47 Å². The van der Waals surface area contributed by atoms with Gasteiger partial charge in [0.15, 0.2) is 17.4 Å². The summed E-state index contributed by atoms with van der Waals surface area (Å²) in [5.41, 5.74) is -0.0781. The molecule has 2 aromatic rings. The van der Waals surface area contributed by atoms with Gasteiger partial charge in [0, 0.05) is 49.5 Å². The van der Waals surface area contributed by atoms with E-state index in [-0.39, 0.29) is 41.7 Å². The molecule has 1 saturated carbocycles. The van der Waals surface area contributed by atoms with Crippen LogP contribution in [0.3, 0.4) is 0 Å². The van der Waals surface area contributed by atoms with Gasteiger partial charge in [-0.3, -0.25) is 14.4 Å². The minimum absolute atomic E-state index is 0.0280. The van der Waals surface area contributed by atoms with E-state index in [1.165, 1.54) is 18.3 Å². The van der Waals surface area contributed by atoms with Crippen molar-refractivity contribution in [1.29, 1.82) is 5.26 Å². The lowest BCUT2D eigenvalue weighted by Crippen LogP contribution is -2.51. The van der Waals surface area contributed by atoms with E-state index in [9.17, 15) is 14.9 Å². The Morgan fingerprint density at radius 1 is 1.17 bits per heavy atom. The number of aromatic nitrogens is 2. The molecule has 2 bridgehead atoms. The molecule has 3 fully saturated rings. The van der Waals surface area contributed by atoms with Gasteiger partial charge in [-0.25, -0.2) is 13.6 Å². The Balaban J connectivity index is 1.25. The highest BCUT2D eigenvalue weighted by Crippen LogP contribution is 2.44. The topological polar surface area (TPSA) is 97.5 Å². The van der Waals surface area contributed by atoms with Crippen LogP contribution >= 0.6 is 0 Å². The lowest BCUT2D eigenvalue weighted by molar-refractivity contribution is -0.126. The van der Waals surface area contributed by atoms with Gasteiger partial charge in [-0.1, -0.05) is 12.1 Å². The van der Waals surface area contributed by atoms with Crippen LogP contribution in [0.25, 0.3) is 11.1 Å². The van der Waals surface area contributed by atoms with Crippen LogP contribution in [0, 0.1) is 40.7 Å². The number of nitriles is 1. The summed E-state index contributed by atoms with van der Waals surface area (Å²) >= 11 is 0. The molecule has 41 heavy (non-hydrogen) atoms. The second-order valence-corrected chi connectivity index (χ2v) is 12.7. The number of ether oxygens (including phenoxy) is 2. The van der Waals surface area contributed by atoms with Crippen molar-refractivity contribution in [3.63, 3.8) is 0 Å². The molecule has 2 aliphatic heterocycles. The number of halogens is 2. The highest BCUT2D eigenvalue weighted by molar-refractivity contribution is 5.89. The molecule has 10 heteroatoms. The number of nitrogens with zero attached hydrogens (tertiary/aromatic N) is 4. The van der Waals surface area contributed by atoms with Gasteiger partial charge in [0.2, 0.25) is 0 Å². The summed E-state index contributed by atoms with van der Waals surface area (Å²) in [6.45, 7) is 7.47. The van der Waals surface area contributed by atoms with Crippen LogP contribution in [-0.2, 0) is 27.2 Å². The van der Waals surface area contributed by atoms with Crippen LogP contribution in [0.4, 0.5) is 13.6 Å². The van der Waals surface area contributed by atoms with Gasteiger partial charge in [-0.15, -0.1) is 0 Å². The first kappa shape index (κ1) is 29.2. The predicted octanol–water partition coefficient (Wildman–Crippen LogP) is 5.68. The molecule has 3 heterocycles. The predicted molar refractivity (Wildman–Crippen MR) is 147 cm³/mol. The Morgan fingerprint density at radius 2 is 1.93 bits per heavy atom. The van der Waals surface area contributed by atoms with Crippen LogP contribution in [0.15, 0.2) is 24.5 Å². The molecule has 1 aromatic heterocycles. The van der Waals surface area contributed by atoms with Gasteiger partial charge < -0.3 is 9.47 Å². The van der Waals surface area contributed by atoms with Gasteiger partial charge in [0.25, 0.3) is 0 Å². The number of carbonyl (C=O) groups is 2. The minimum Gasteiger partial charge on any atom is -0.444 e. The first-order valence-electron chi connectivity index (χ1n) is 14.5.